The van der Waals surface area contributed by atoms with Crippen molar-refractivity contribution in [2.75, 3.05) is 19.3 Å². The molecule has 1 atom stereocenters. The number of guanidine groups is 1. The lowest BCUT2D eigenvalue weighted by Crippen LogP contribution is -2.41. The van der Waals surface area contributed by atoms with Gasteiger partial charge in [-0.2, -0.15) is 13.4 Å². The smallest absolute Gasteiger partial charge is 0.285 e. The fraction of sp³-hybridized carbons (Fsp3) is 0.304. The van der Waals surface area contributed by atoms with Crippen LogP contribution in [-0.2, 0) is 14.4 Å². The van der Waals surface area contributed by atoms with Gasteiger partial charge < -0.3 is 9.42 Å². The number of halogens is 1. The number of aromatic nitrogens is 1. The predicted molar refractivity (Wildman–Crippen MR) is 125 cm³/mol. The van der Waals surface area contributed by atoms with E-state index in [1.54, 1.807) is 17.0 Å². The standard InChI is InChI=1S/C23H27FN4O4S/c1-5-28(6-2)23(27-32-33(4,29)30)25-22-15-21(26-31-22)16(3)18-12-13-19(20(24)14-18)17-10-8-7-9-11-17/h7-16H,5-6H2,1-4H3,(H,25,27). The van der Waals surface area contributed by atoms with Gasteiger partial charge in [0.15, 0.2) is 0 Å². The minimum Gasteiger partial charge on any atom is -0.341 e. The summed E-state index contributed by atoms with van der Waals surface area (Å²) in [5.74, 6) is -0.254. The summed E-state index contributed by atoms with van der Waals surface area (Å²) in [6.07, 6.45) is 0.927. The molecule has 0 spiro atoms. The second-order valence-electron chi connectivity index (χ2n) is 7.41. The quantitative estimate of drug-likeness (QED) is 0.293. The fourth-order valence-corrected chi connectivity index (χ4v) is 3.48. The van der Waals surface area contributed by atoms with Crippen LogP contribution in [0.3, 0.4) is 0 Å². The van der Waals surface area contributed by atoms with E-state index in [0.717, 1.165) is 17.4 Å². The van der Waals surface area contributed by atoms with Crippen molar-refractivity contribution in [1.29, 1.82) is 0 Å². The highest BCUT2D eigenvalue weighted by Gasteiger charge is 2.18. The number of nitrogens with one attached hydrogen (secondary N) is 1. The molecule has 0 fully saturated rings. The summed E-state index contributed by atoms with van der Waals surface area (Å²) in [5.41, 5.74) is 4.99. The zero-order chi connectivity index (χ0) is 24.0. The summed E-state index contributed by atoms with van der Waals surface area (Å²) in [4.78, 5) is 6.07. The van der Waals surface area contributed by atoms with Crippen molar-refractivity contribution in [2.24, 2.45) is 4.99 Å². The van der Waals surface area contributed by atoms with Crippen LogP contribution in [0.4, 0.5) is 10.3 Å². The maximum atomic E-state index is 14.8. The maximum Gasteiger partial charge on any atom is 0.285 e. The van der Waals surface area contributed by atoms with Crippen LogP contribution in [0.5, 0.6) is 0 Å². The first-order valence-electron chi connectivity index (χ1n) is 10.5. The van der Waals surface area contributed by atoms with Crippen LogP contribution >= 0.6 is 0 Å². The highest BCUT2D eigenvalue weighted by atomic mass is 32.2. The molecule has 0 saturated carbocycles. The van der Waals surface area contributed by atoms with Gasteiger partial charge in [-0.25, -0.2) is 9.87 Å². The second kappa shape index (κ2) is 10.6. The summed E-state index contributed by atoms with van der Waals surface area (Å²) >= 11 is 0. The lowest BCUT2D eigenvalue weighted by molar-refractivity contribution is 0.246. The normalized spacial score (nSPS) is 13.1. The predicted octanol–water partition coefficient (Wildman–Crippen LogP) is 4.44. The van der Waals surface area contributed by atoms with Crippen LogP contribution in [0.2, 0.25) is 0 Å². The molecule has 3 aromatic rings. The molecule has 8 nitrogen and oxygen atoms in total. The van der Waals surface area contributed by atoms with Gasteiger partial charge in [0.05, 0.1) is 11.9 Å². The lowest BCUT2D eigenvalue weighted by atomic mass is 9.95. The fourth-order valence-electron chi connectivity index (χ4n) is 3.26. The van der Waals surface area contributed by atoms with Crippen molar-refractivity contribution in [3.05, 3.63) is 71.7 Å². The highest BCUT2D eigenvalue weighted by molar-refractivity contribution is 7.85. The van der Waals surface area contributed by atoms with Crippen LogP contribution in [0.1, 0.15) is 37.9 Å². The molecule has 1 aromatic heterocycles. The molecule has 0 radical (unpaired) electrons. The Morgan fingerprint density at radius 2 is 1.88 bits per heavy atom. The zero-order valence-electron chi connectivity index (χ0n) is 18.9. The Hall–Kier alpha value is -3.24. The Balaban J connectivity index is 1.84. The summed E-state index contributed by atoms with van der Waals surface area (Å²) in [6.45, 7) is 6.78. The molecule has 0 amide bonds. The molecule has 0 aliphatic heterocycles. The van der Waals surface area contributed by atoms with Crippen molar-refractivity contribution >= 4 is 22.0 Å². The average molecular weight is 475 g/mol. The van der Waals surface area contributed by atoms with E-state index in [1.807, 2.05) is 57.2 Å². The third-order valence-electron chi connectivity index (χ3n) is 5.10. The molecule has 0 aliphatic rings. The van der Waals surface area contributed by atoms with E-state index in [4.69, 9.17) is 4.52 Å². The molecule has 3 rings (SSSR count). The second-order valence-corrected chi connectivity index (χ2v) is 8.99. The third-order valence-corrected chi connectivity index (χ3v) is 5.49. The summed E-state index contributed by atoms with van der Waals surface area (Å²) in [6, 6.07) is 16.1. The summed E-state index contributed by atoms with van der Waals surface area (Å²) in [5, 5.41) is 4.07. The van der Waals surface area contributed by atoms with E-state index >= 15 is 0 Å². The van der Waals surface area contributed by atoms with E-state index in [-0.39, 0.29) is 23.6 Å². The Bertz CT molecular complexity index is 1210. The number of hydrogen-bond acceptors (Lipinski definition) is 6. The first-order valence-corrected chi connectivity index (χ1v) is 12.3. The number of hydrogen-bond donors (Lipinski definition) is 1. The van der Waals surface area contributed by atoms with Gasteiger partial charge in [-0.1, -0.05) is 54.5 Å². The Morgan fingerprint density at radius 3 is 2.48 bits per heavy atom. The molecule has 0 bridgehead atoms. The van der Waals surface area contributed by atoms with Gasteiger partial charge in [-0.3, -0.25) is 0 Å². The van der Waals surface area contributed by atoms with E-state index < -0.39 is 10.1 Å². The molecule has 2 aromatic carbocycles. The molecular formula is C23H27FN4O4S. The van der Waals surface area contributed by atoms with Gasteiger partial charge in [-0.05, 0) is 31.0 Å². The van der Waals surface area contributed by atoms with Crippen LogP contribution in [0.15, 0.2) is 64.1 Å². The zero-order valence-corrected chi connectivity index (χ0v) is 19.8. The molecule has 10 heteroatoms. The monoisotopic (exact) mass is 474 g/mol. The molecule has 1 heterocycles. The van der Waals surface area contributed by atoms with Crippen molar-refractivity contribution in [2.45, 2.75) is 26.7 Å². The van der Waals surface area contributed by atoms with E-state index in [9.17, 15) is 12.8 Å². The number of rotatable bonds is 8. The minimum atomic E-state index is -3.73. The summed E-state index contributed by atoms with van der Waals surface area (Å²) in [7, 11) is -3.73. The maximum absolute atomic E-state index is 14.8. The van der Waals surface area contributed by atoms with Gasteiger partial charge in [0.1, 0.15) is 5.82 Å². The number of hydroxylamine groups is 1. The van der Waals surface area contributed by atoms with Crippen molar-refractivity contribution in [3.8, 4) is 11.1 Å². The van der Waals surface area contributed by atoms with E-state index in [1.165, 1.54) is 6.07 Å². The van der Waals surface area contributed by atoms with Gasteiger partial charge in [0.25, 0.3) is 16.0 Å². The lowest BCUT2D eigenvalue weighted by Gasteiger charge is -2.22. The number of nitrogens with zero attached hydrogens (tertiary/aromatic N) is 3. The van der Waals surface area contributed by atoms with Crippen LogP contribution in [-0.4, -0.2) is 43.8 Å². The molecule has 0 aliphatic carbocycles. The van der Waals surface area contributed by atoms with Gasteiger partial charge in [0.2, 0.25) is 5.96 Å². The first-order chi connectivity index (χ1) is 15.7. The third kappa shape index (κ3) is 6.39. The Labute approximate surface area is 193 Å². The topological polar surface area (TPSA) is 97.0 Å². The molecule has 1 N–H and O–H groups in total. The molecule has 1 unspecified atom stereocenters. The minimum absolute atomic E-state index is 0.157. The summed E-state index contributed by atoms with van der Waals surface area (Å²) < 4.78 is 47.5. The molecule has 33 heavy (non-hydrogen) atoms. The van der Waals surface area contributed by atoms with Crippen LogP contribution < -0.4 is 5.48 Å². The van der Waals surface area contributed by atoms with Crippen molar-refractivity contribution < 1.29 is 21.6 Å². The van der Waals surface area contributed by atoms with E-state index in [2.05, 4.69) is 19.9 Å². The van der Waals surface area contributed by atoms with Crippen LogP contribution in [0, 0.1) is 5.82 Å². The number of benzene rings is 2. The highest BCUT2D eigenvalue weighted by Crippen LogP contribution is 2.30. The van der Waals surface area contributed by atoms with Gasteiger partial charge in [-0.15, -0.1) is 4.28 Å². The van der Waals surface area contributed by atoms with Crippen molar-refractivity contribution in [3.63, 3.8) is 0 Å². The van der Waals surface area contributed by atoms with E-state index in [0.29, 0.717) is 24.3 Å². The average Bonchev–Trinajstić information content (AvgIpc) is 3.26. The number of aliphatic imine (C=N–C) groups is 1. The van der Waals surface area contributed by atoms with Gasteiger partial charge >= 0.3 is 0 Å². The largest absolute Gasteiger partial charge is 0.341 e. The van der Waals surface area contributed by atoms with Crippen molar-refractivity contribution in [1.82, 2.24) is 15.5 Å². The molecule has 176 valence electrons. The Morgan fingerprint density at radius 1 is 1.18 bits per heavy atom. The van der Waals surface area contributed by atoms with Gasteiger partial charge in [0, 0.05) is 30.6 Å². The molecule has 0 saturated heterocycles. The Kier molecular flexibility index (Phi) is 7.83. The van der Waals surface area contributed by atoms with Crippen LogP contribution in [0.25, 0.3) is 11.1 Å². The SMILES string of the molecule is CCN(CC)C(=Nc1cc(C(C)c2ccc(-c3ccccc3)c(F)c2)no1)NOS(C)(=O)=O. The first kappa shape index (κ1) is 24.4. The molecular weight excluding hydrogens is 447 g/mol.